The van der Waals surface area contributed by atoms with Crippen LogP contribution in [0.25, 0.3) is 0 Å². The smallest absolute Gasteiger partial charge is 0.120 e. The molecule has 0 saturated heterocycles. The summed E-state index contributed by atoms with van der Waals surface area (Å²) in [5, 5.41) is 0.729. The zero-order chi connectivity index (χ0) is 10.4. The number of benzene rings is 1. The Morgan fingerprint density at radius 1 is 1.29 bits per heavy atom. The fraction of sp³-hybridized carbons (Fsp3) is 0.455. The van der Waals surface area contributed by atoms with E-state index in [9.17, 15) is 0 Å². The molecule has 0 bridgehead atoms. The van der Waals surface area contributed by atoms with Crippen molar-refractivity contribution in [3.63, 3.8) is 0 Å². The zero-order valence-corrected chi connectivity index (χ0v) is 9.18. The normalized spacial score (nSPS) is 10.2. The first-order valence-corrected chi connectivity index (χ1v) is 5.17. The molecule has 0 radical (unpaired) electrons. The van der Waals surface area contributed by atoms with E-state index in [1.807, 2.05) is 18.2 Å². The second-order valence-corrected chi connectivity index (χ2v) is 3.68. The number of aryl methyl sites for hydroxylation is 1. The lowest BCUT2D eigenvalue weighted by atomic mass is 10.1. The van der Waals surface area contributed by atoms with Gasteiger partial charge in [-0.3, -0.25) is 0 Å². The molecule has 1 aromatic carbocycles. The summed E-state index contributed by atoms with van der Waals surface area (Å²) in [7, 11) is 1.65. The Balaban J connectivity index is 2.62. The monoisotopic (exact) mass is 213 g/mol. The van der Waals surface area contributed by atoms with Crippen molar-refractivity contribution in [1.82, 2.24) is 0 Å². The second-order valence-electron chi connectivity index (χ2n) is 3.25. The lowest BCUT2D eigenvalue weighted by Crippen LogP contribution is -1.99. The van der Waals surface area contributed by atoms with Gasteiger partial charge < -0.3 is 10.5 Å². The fourth-order valence-electron chi connectivity index (χ4n) is 1.36. The molecule has 1 rings (SSSR count). The Kier molecular flexibility index (Phi) is 4.77. The third-order valence-electron chi connectivity index (χ3n) is 2.09. The minimum absolute atomic E-state index is 0.729. The summed E-state index contributed by atoms with van der Waals surface area (Å²) in [5.74, 6) is 0.820. The molecule has 0 fully saturated rings. The van der Waals surface area contributed by atoms with E-state index in [1.54, 1.807) is 7.11 Å². The van der Waals surface area contributed by atoms with Gasteiger partial charge in [0.25, 0.3) is 0 Å². The predicted molar refractivity (Wildman–Crippen MR) is 60.0 cm³/mol. The molecule has 0 aliphatic heterocycles. The minimum Gasteiger partial charge on any atom is -0.497 e. The zero-order valence-electron chi connectivity index (χ0n) is 8.42. The molecule has 3 heteroatoms. The Morgan fingerprint density at radius 3 is 2.71 bits per heavy atom. The summed E-state index contributed by atoms with van der Waals surface area (Å²) in [6, 6.07) is 5.80. The molecule has 2 N–H and O–H groups in total. The molecule has 0 aliphatic rings. The molecule has 2 nitrogen and oxygen atoms in total. The van der Waals surface area contributed by atoms with Crippen LogP contribution < -0.4 is 10.5 Å². The standard InChI is InChI=1S/C11H16ClNO/c1-14-11-7-9(4-2-3-5-13)6-10(12)8-11/h6-8H,2-5,13H2,1H3. The first-order valence-electron chi connectivity index (χ1n) is 4.80. The van der Waals surface area contributed by atoms with Crippen LogP contribution in [-0.2, 0) is 6.42 Å². The molecule has 1 aromatic rings. The van der Waals surface area contributed by atoms with E-state index >= 15 is 0 Å². The number of nitrogens with two attached hydrogens (primary N) is 1. The van der Waals surface area contributed by atoms with Gasteiger partial charge in [-0.1, -0.05) is 11.6 Å². The van der Waals surface area contributed by atoms with Gasteiger partial charge in [0.15, 0.2) is 0 Å². The topological polar surface area (TPSA) is 35.2 Å². The quantitative estimate of drug-likeness (QED) is 0.764. The van der Waals surface area contributed by atoms with Crippen LogP contribution in [0.1, 0.15) is 18.4 Å². The lowest BCUT2D eigenvalue weighted by Gasteiger charge is -2.05. The Bertz CT molecular complexity index is 289. The van der Waals surface area contributed by atoms with Crippen LogP contribution in [0.3, 0.4) is 0 Å². The molecular weight excluding hydrogens is 198 g/mol. The maximum Gasteiger partial charge on any atom is 0.120 e. The number of ether oxygens (including phenoxy) is 1. The van der Waals surface area contributed by atoms with E-state index in [1.165, 1.54) is 5.56 Å². The van der Waals surface area contributed by atoms with Gasteiger partial charge in [0.05, 0.1) is 7.11 Å². The molecule has 0 aromatic heterocycles. The summed E-state index contributed by atoms with van der Waals surface area (Å²) in [6.07, 6.45) is 3.16. The molecule has 78 valence electrons. The van der Waals surface area contributed by atoms with Gasteiger partial charge in [0.2, 0.25) is 0 Å². The van der Waals surface area contributed by atoms with Crippen LogP contribution in [0.15, 0.2) is 18.2 Å². The number of halogens is 1. The van der Waals surface area contributed by atoms with Crippen molar-refractivity contribution in [2.45, 2.75) is 19.3 Å². The summed E-state index contributed by atoms with van der Waals surface area (Å²) in [5.41, 5.74) is 6.64. The van der Waals surface area contributed by atoms with Crippen LogP contribution in [0.5, 0.6) is 5.75 Å². The second kappa shape index (κ2) is 5.89. The molecular formula is C11H16ClNO. The van der Waals surface area contributed by atoms with Crippen molar-refractivity contribution in [3.05, 3.63) is 28.8 Å². The van der Waals surface area contributed by atoms with E-state index in [0.29, 0.717) is 0 Å². The average Bonchev–Trinajstić information content (AvgIpc) is 2.17. The van der Waals surface area contributed by atoms with E-state index in [-0.39, 0.29) is 0 Å². The number of unbranched alkanes of at least 4 members (excludes halogenated alkanes) is 1. The largest absolute Gasteiger partial charge is 0.497 e. The fourth-order valence-corrected chi connectivity index (χ4v) is 1.60. The molecule has 0 amide bonds. The van der Waals surface area contributed by atoms with Gasteiger partial charge in [0, 0.05) is 5.02 Å². The first kappa shape index (κ1) is 11.3. The van der Waals surface area contributed by atoms with Crippen molar-refractivity contribution < 1.29 is 4.74 Å². The molecule has 0 spiro atoms. The molecule has 0 atom stereocenters. The molecule has 0 saturated carbocycles. The van der Waals surface area contributed by atoms with Crippen molar-refractivity contribution in [2.24, 2.45) is 5.73 Å². The summed E-state index contributed by atoms with van der Waals surface area (Å²) in [4.78, 5) is 0. The van der Waals surface area contributed by atoms with Crippen LogP contribution in [0.4, 0.5) is 0 Å². The number of hydrogen-bond donors (Lipinski definition) is 1. The van der Waals surface area contributed by atoms with Crippen LogP contribution in [-0.4, -0.2) is 13.7 Å². The lowest BCUT2D eigenvalue weighted by molar-refractivity contribution is 0.414. The Labute approximate surface area is 90.0 Å². The number of rotatable bonds is 5. The van der Waals surface area contributed by atoms with Crippen LogP contribution in [0, 0.1) is 0 Å². The maximum atomic E-state index is 5.94. The SMILES string of the molecule is COc1cc(Cl)cc(CCCCN)c1. The van der Waals surface area contributed by atoms with Gasteiger partial charge in [-0.05, 0) is 49.6 Å². The first-order chi connectivity index (χ1) is 6.76. The van der Waals surface area contributed by atoms with Gasteiger partial charge in [0.1, 0.15) is 5.75 Å². The molecule has 0 heterocycles. The number of hydrogen-bond acceptors (Lipinski definition) is 2. The van der Waals surface area contributed by atoms with E-state index in [4.69, 9.17) is 22.1 Å². The Hall–Kier alpha value is -0.730. The minimum atomic E-state index is 0.729. The highest BCUT2D eigenvalue weighted by Crippen LogP contribution is 2.21. The van der Waals surface area contributed by atoms with Crippen molar-refractivity contribution in [1.29, 1.82) is 0 Å². The number of methoxy groups -OCH3 is 1. The molecule has 0 unspecified atom stereocenters. The highest BCUT2D eigenvalue weighted by molar-refractivity contribution is 6.30. The predicted octanol–water partition coefficient (Wildman–Crippen LogP) is 2.63. The van der Waals surface area contributed by atoms with Gasteiger partial charge >= 0.3 is 0 Å². The summed E-state index contributed by atoms with van der Waals surface area (Å²) < 4.78 is 5.13. The third kappa shape index (κ3) is 3.56. The van der Waals surface area contributed by atoms with E-state index in [2.05, 4.69) is 0 Å². The average molecular weight is 214 g/mol. The van der Waals surface area contributed by atoms with Crippen molar-refractivity contribution in [2.75, 3.05) is 13.7 Å². The molecule has 0 aliphatic carbocycles. The van der Waals surface area contributed by atoms with E-state index < -0.39 is 0 Å². The van der Waals surface area contributed by atoms with Crippen molar-refractivity contribution in [3.8, 4) is 5.75 Å². The summed E-state index contributed by atoms with van der Waals surface area (Å²) in [6.45, 7) is 0.748. The van der Waals surface area contributed by atoms with Gasteiger partial charge in [-0.15, -0.1) is 0 Å². The van der Waals surface area contributed by atoms with Gasteiger partial charge in [-0.2, -0.15) is 0 Å². The van der Waals surface area contributed by atoms with Crippen molar-refractivity contribution >= 4 is 11.6 Å². The maximum absolute atomic E-state index is 5.94. The highest BCUT2D eigenvalue weighted by Gasteiger charge is 1.99. The highest BCUT2D eigenvalue weighted by atomic mass is 35.5. The Morgan fingerprint density at radius 2 is 2.07 bits per heavy atom. The molecule has 14 heavy (non-hydrogen) atoms. The van der Waals surface area contributed by atoms with Crippen LogP contribution >= 0.6 is 11.6 Å². The third-order valence-corrected chi connectivity index (χ3v) is 2.30. The summed E-state index contributed by atoms with van der Waals surface area (Å²) >= 11 is 5.94. The van der Waals surface area contributed by atoms with Crippen LogP contribution in [0.2, 0.25) is 5.02 Å². The van der Waals surface area contributed by atoms with Gasteiger partial charge in [-0.25, -0.2) is 0 Å². The van der Waals surface area contributed by atoms with E-state index in [0.717, 1.165) is 36.6 Å².